The van der Waals surface area contributed by atoms with Gasteiger partial charge in [0.1, 0.15) is 6.04 Å². The van der Waals surface area contributed by atoms with E-state index in [0.717, 1.165) is 10.4 Å². The molecule has 0 aliphatic heterocycles. The first kappa shape index (κ1) is 17.4. The van der Waals surface area contributed by atoms with Gasteiger partial charge in [-0.2, -0.15) is 0 Å². The molecular weight excluding hydrogens is 328 g/mol. The number of nitrogens with two attached hydrogens (primary N) is 1. The first-order chi connectivity index (χ1) is 12.2. The van der Waals surface area contributed by atoms with Crippen LogP contribution in [0.15, 0.2) is 78.2 Å². The van der Waals surface area contributed by atoms with Gasteiger partial charge in [0, 0.05) is 10.4 Å². The van der Waals surface area contributed by atoms with Crippen molar-refractivity contribution < 1.29 is 10.1 Å². The van der Waals surface area contributed by atoms with Gasteiger partial charge < -0.3 is 10.6 Å². The molecule has 0 radical (unpaired) electrons. The molecule has 0 fully saturated rings. The van der Waals surface area contributed by atoms with Gasteiger partial charge in [0.15, 0.2) is 6.54 Å². The number of nitrogens with one attached hydrogen (secondary N) is 1. The molecule has 1 heterocycles. The molecule has 0 aliphatic rings. The minimum absolute atomic E-state index is 0.0463. The van der Waals surface area contributed by atoms with E-state index in [0.29, 0.717) is 6.54 Å². The van der Waals surface area contributed by atoms with E-state index in [1.54, 1.807) is 11.3 Å². The standard InChI is InChI=1S/C21H22N2OS/c1-16(17-9-4-2-5-10-17)22-15-20(24)23-21(19-13-8-14-25-19)18-11-6-3-7-12-18/h2-14,16,21-22H,15H2,1H3,(H,23,24)/p+1/t16-,21-/m0/s1. The minimum atomic E-state index is -0.0888. The van der Waals surface area contributed by atoms with E-state index in [9.17, 15) is 4.79 Å². The van der Waals surface area contributed by atoms with E-state index in [4.69, 9.17) is 0 Å². The normalized spacial score (nSPS) is 13.2. The fourth-order valence-corrected chi connectivity index (χ4v) is 3.62. The molecule has 128 valence electrons. The smallest absolute Gasteiger partial charge is 0.275 e. The molecular formula is C21H23N2OS+. The summed E-state index contributed by atoms with van der Waals surface area (Å²) in [7, 11) is 0. The first-order valence-electron chi connectivity index (χ1n) is 8.50. The molecule has 3 nitrogen and oxygen atoms in total. The van der Waals surface area contributed by atoms with Crippen molar-refractivity contribution in [3.8, 4) is 0 Å². The number of carbonyl (C=O) groups is 1. The van der Waals surface area contributed by atoms with E-state index < -0.39 is 0 Å². The van der Waals surface area contributed by atoms with Crippen LogP contribution in [0.1, 0.15) is 35.0 Å². The average Bonchev–Trinajstić information content (AvgIpc) is 3.20. The molecule has 3 rings (SSSR count). The van der Waals surface area contributed by atoms with E-state index in [-0.39, 0.29) is 18.0 Å². The molecule has 3 N–H and O–H groups in total. The first-order valence-corrected chi connectivity index (χ1v) is 9.38. The van der Waals surface area contributed by atoms with Gasteiger partial charge >= 0.3 is 0 Å². The van der Waals surface area contributed by atoms with E-state index in [1.807, 2.05) is 47.8 Å². The summed E-state index contributed by atoms with van der Waals surface area (Å²) in [6.45, 7) is 2.53. The summed E-state index contributed by atoms with van der Waals surface area (Å²) < 4.78 is 0. The van der Waals surface area contributed by atoms with Crippen LogP contribution in [-0.2, 0) is 4.79 Å². The highest BCUT2D eigenvalue weighted by molar-refractivity contribution is 7.10. The van der Waals surface area contributed by atoms with Gasteiger partial charge in [0.2, 0.25) is 0 Å². The van der Waals surface area contributed by atoms with Crippen molar-refractivity contribution in [2.75, 3.05) is 6.54 Å². The summed E-state index contributed by atoms with van der Waals surface area (Å²) in [6, 6.07) is 24.6. The number of hydrogen-bond acceptors (Lipinski definition) is 2. The molecule has 0 aliphatic carbocycles. The SMILES string of the molecule is C[C@H]([NH2+]CC(=O)N[C@@H](c1ccccc1)c1cccs1)c1ccccc1. The fourth-order valence-electron chi connectivity index (χ4n) is 2.82. The van der Waals surface area contributed by atoms with Crippen LogP contribution in [0.3, 0.4) is 0 Å². The summed E-state index contributed by atoms with van der Waals surface area (Å²) >= 11 is 1.66. The summed E-state index contributed by atoms with van der Waals surface area (Å²) in [5, 5.41) is 7.30. The lowest BCUT2D eigenvalue weighted by Crippen LogP contribution is -2.87. The van der Waals surface area contributed by atoms with Crippen LogP contribution in [-0.4, -0.2) is 12.5 Å². The molecule has 0 saturated carbocycles. The maximum Gasteiger partial charge on any atom is 0.275 e. The largest absolute Gasteiger partial charge is 0.339 e. The second-order valence-corrected chi connectivity index (χ2v) is 7.05. The third kappa shape index (κ3) is 4.78. The molecule has 1 aromatic heterocycles. The van der Waals surface area contributed by atoms with Gasteiger partial charge in [-0.25, -0.2) is 0 Å². The Hall–Kier alpha value is -2.43. The number of rotatable bonds is 7. The molecule has 0 spiro atoms. The van der Waals surface area contributed by atoms with Gasteiger partial charge in [-0.3, -0.25) is 4.79 Å². The van der Waals surface area contributed by atoms with Crippen LogP contribution in [0, 0.1) is 0 Å². The van der Waals surface area contributed by atoms with Crippen molar-refractivity contribution in [2.24, 2.45) is 0 Å². The number of carbonyl (C=O) groups excluding carboxylic acids is 1. The molecule has 25 heavy (non-hydrogen) atoms. The molecule has 1 amide bonds. The molecule has 2 atom stereocenters. The van der Waals surface area contributed by atoms with E-state index >= 15 is 0 Å². The summed E-state index contributed by atoms with van der Waals surface area (Å²) in [5.74, 6) is 0.0463. The lowest BCUT2D eigenvalue weighted by molar-refractivity contribution is -0.682. The predicted molar refractivity (Wildman–Crippen MR) is 102 cm³/mol. The topological polar surface area (TPSA) is 45.7 Å². The third-order valence-electron chi connectivity index (χ3n) is 4.25. The highest BCUT2D eigenvalue weighted by Gasteiger charge is 2.19. The van der Waals surface area contributed by atoms with Crippen LogP contribution in [0.25, 0.3) is 0 Å². The lowest BCUT2D eigenvalue weighted by Gasteiger charge is -2.18. The Morgan fingerprint density at radius 1 is 0.960 bits per heavy atom. The number of benzene rings is 2. The van der Waals surface area contributed by atoms with Crippen molar-refractivity contribution in [3.05, 3.63) is 94.2 Å². The van der Waals surface area contributed by atoms with Crippen LogP contribution < -0.4 is 10.6 Å². The zero-order valence-electron chi connectivity index (χ0n) is 14.3. The summed E-state index contributed by atoms with van der Waals surface area (Å²) in [6.07, 6.45) is 0. The second kappa shape index (κ2) is 8.60. The Bertz CT molecular complexity index is 772. The van der Waals surface area contributed by atoms with Gasteiger partial charge in [-0.15, -0.1) is 11.3 Å². The number of quaternary nitrogens is 1. The maximum absolute atomic E-state index is 12.5. The summed E-state index contributed by atoms with van der Waals surface area (Å²) in [5.41, 5.74) is 2.34. The molecule has 0 saturated heterocycles. The quantitative estimate of drug-likeness (QED) is 0.674. The van der Waals surface area contributed by atoms with Crippen molar-refractivity contribution >= 4 is 17.2 Å². The Morgan fingerprint density at radius 2 is 1.60 bits per heavy atom. The maximum atomic E-state index is 12.5. The Labute approximate surface area is 152 Å². The van der Waals surface area contributed by atoms with Crippen molar-refractivity contribution in [1.29, 1.82) is 0 Å². The number of hydrogen-bond donors (Lipinski definition) is 2. The zero-order chi connectivity index (χ0) is 17.5. The molecule has 3 aromatic rings. The van der Waals surface area contributed by atoms with Gasteiger partial charge in [0.25, 0.3) is 5.91 Å². The lowest BCUT2D eigenvalue weighted by atomic mass is 10.1. The zero-order valence-corrected chi connectivity index (χ0v) is 15.1. The van der Waals surface area contributed by atoms with Crippen molar-refractivity contribution in [2.45, 2.75) is 19.0 Å². The second-order valence-electron chi connectivity index (χ2n) is 6.07. The Kier molecular flexibility index (Phi) is 5.99. The Balaban J connectivity index is 1.63. The molecule has 4 heteroatoms. The molecule has 2 aromatic carbocycles. The Morgan fingerprint density at radius 3 is 2.20 bits per heavy atom. The predicted octanol–water partition coefficient (Wildman–Crippen LogP) is 3.28. The van der Waals surface area contributed by atoms with Crippen LogP contribution in [0.4, 0.5) is 0 Å². The van der Waals surface area contributed by atoms with Gasteiger partial charge in [-0.05, 0) is 23.9 Å². The highest BCUT2D eigenvalue weighted by Crippen LogP contribution is 2.25. The average molecular weight is 351 g/mol. The van der Waals surface area contributed by atoms with Gasteiger partial charge in [-0.1, -0.05) is 66.7 Å². The van der Waals surface area contributed by atoms with Crippen molar-refractivity contribution in [3.63, 3.8) is 0 Å². The van der Waals surface area contributed by atoms with Gasteiger partial charge in [0.05, 0.1) is 6.04 Å². The van der Waals surface area contributed by atoms with Crippen LogP contribution in [0.5, 0.6) is 0 Å². The van der Waals surface area contributed by atoms with E-state index in [1.165, 1.54) is 5.56 Å². The summed E-state index contributed by atoms with van der Waals surface area (Å²) in [4.78, 5) is 13.7. The monoisotopic (exact) mass is 351 g/mol. The minimum Gasteiger partial charge on any atom is -0.339 e. The van der Waals surface area contributed by atoms with E-state index in [2.05, 4.69) is 47.9 Å². The van der Waals surface area contributed by atoms with Crippen LogP contribution >= 0.6 is 11.3 Å². The number of amides is 1. The fraction of sp³-hybridized carbons (Fsp3) is 0.190. The highest BCUT2D eigenvalue weighted by atomic mass is 32.1. The molecule has 0 bridgehead atoms. The number of thiophene rings is 1. The van der Waals surface area contributed by atoms with Crippen LogP contribution in [0.2, 0.25) is 0 Å². The van der Waals surface area contributed by atoms with Crippen molar-refractivity contribution in [1.82, 2.24) is 5.32 Å². The third-order valence-corrected chi connectivity index (χ3v) is 5.19. The molecule has 0 unspecified atom stereocenters.